The number of carbonyl (C=O) groups excluding carboxylic acids is 2. The zero-order valence-corrected chi connectivity index (χ0v) is 16.2. The molecule has 1 saturated heterocycles. The largest absolute Gasteiger partial charge is 0.370 e. The van der Waals surface area contributed by atoms with Crippen LogP contribution in [0.15, 0.2) is 18.2 Å². The number of hydrogen-bond acceptors (Lipinski definition) is 5. The molecule has 3 aliphatic rings. The standard InChI is InChI=1S/C20H26F2N4O3/c21-19(22)15-9-12(1-6-16(15)25-7-8-29-11-18(25)27)24-20(28)17(10-23)26(13-2-3-13)14-4-5-14/h1,6,9,13-14,17,19H,2-5,7-8,10-11,23H2,(H,24,28)/t17-/m1/s1. The summed E-state index contributed by atoms with van der Waals surface area (Å²) in [4.78, 5) is 28.4. The third-order valence-electron chi connectivity index (χ3n) is 5.63. The van der Waals surface area contributed by atoms with Gasteiger partial charge in [-0.3, -0.25) is 14.5 Å². The molecule has 3 fully saturated rings. The number of nitrogens with zero attached hydrogens (tertiary/aromatic N) is 2. The van der Waals surface area contributed by atoms with Crippen molar-refractivity contribution in [1.29, 1.82) is 0 Å². The molecule has 1 aliphatic heterocycles. The second-order valence-electron chi connectivity index (χ2n) is 7.82. The number of halogens is 2. The molecular weight excluding hydrogens is 382 g/mol. The SMILES string of the molecule is NC[C@H](C(=O)Nc1ccc(N2CCOCC2=O)c(C(F)F)c1)N(C1CC1)C1CC1. The molecule has 4 rings (SSSR count). The highest BCUT2D eigenvalue weighted by atomic mass is 19.3. The molecule has 2 amide bonds. The third kappa shape index (κ3) is 4.41. The van der Waals surface area contributed by atoms with Crippen LogP contribution in [0.3, 0.4) is 0 Å². The maximum Gasteiger partial charge on any atom is 0.265 e. The minimum Gasteiger partial charge on any atom is -0.370 e. The first-order chi connectivity index (χ1) is 14.0. The quantitative estimate of drug-likeness (QED) is 0.686. The van der Waals surface area contributed by atoms with E-state index < -0.39 is 12.5 Å². The predicted molar refractivity (Wildman–Crippen MR) is 104 cm³/mol. The normalized spacial score (nSPS) is 21.0. The average molecular weight is 408 g/mol. The number of amides is 2. The monoisotopic (exact) mass is 408 g/mol. The van der Waals surface area contributed by atoms with Gasteiger partial charge in [-0.1, -0.05) is 0 Å². The van der Waals surface area contributed by atoms with E-state index in [1.54, 1.807) is 6.07 Å². The summed E-state index contributed by atoms with van der Waals surface area (Å²) in [6, 6.07) is 4.57. The lowest BCUT2D eigenvalue weighted by Crippen LogP contribution is -2.50. The molecule has 1 aromatic carbocycles. The van der Waals surface area contributed by atoms with Gasteiger partial charge >= 0.3 is 0 Å². The Balaban J connectivity index is 1.52. The van der Waals surface area contributed by atoms with Crippen LogP contribution in [0.2, 0.25) is 0 Å². The van der Waals surface area contributed by atoms with Crippen LogP contribution in [0.5, 0.6) is 0 Å². The van der Waals surface area contributed by atoms with Crippen molar-refractivity contribution in [2.75, 3.05) is 36.5 Å². The van der Waals surface area contributed by atoms with Crippen molar-refractivity contribution in [3.05, 3.63) is 23.8 Å². The van der Waals surface area contributed by atoms with Gasteiger partial charge in [0.25, 0.3) is 12.3 Å². The van der Waals surface area contributed by atoms with Gasteiger partial charge in [0.05, 0.1) is 12.3 Å². The Morgan fingerprint density at radius 3 is 2.52 bits per heavy atom. The molecule has 1 atom stereocenters. The number of morpholine rings is 1. The Hall–Kier alpha value is -2.10. The topological polar surface area (TPSA) is 87.9 Å². The molecule has 2 saturated carbocycles. The van der Waals surface area contributed by atoms with Crippen LogP contribution in [0.25, 0.3) is 0 Å². The molecule has 0 unspecified atom stereocenters. The number of alkyl halides is 2. The summed E-state index contributed by atoms with van der Waals surface area (Å²) >= 11 is 0. The van der Waals surface area contributed by atoms with Crippen LogP contribution in [0.4, 0.5) is 20.2 Å². The van der Waals surface area contributed by atoms with E-state index in [0.717, 1.165) is 25.7 Å². The van der Waals surface area contributed by atoms with Crippen molar-refractivity contribution >= 4 is 23.2 Å². The molecule has 29 heavy (non-hydrogen) atoms. The van der Waals surface area contributed by atoms with Gasteiger partial charge in [0.15, 0.2) is 0 Å². The van der Waals surface area contributed by atoms with E-state index in [0.29, 0.717) is 18.7 Å². The van der Waals surface area contributed by atoms with Crippen molar-refractivity contribution < 1.29 is 23.1 Å². The summed E-state index contributed by atoms with van der Waals surface area (Å²) in [7, 11) is 0. The number of anilines is 2. The van der Waals surface area contributed by atoms with E-state index in [1.807, 2.05) is 0 Å². The molecule has 1 aromatic rings. The second-order valence-corrected chi connectivity index (χ2v) is 7.82. The fourth-order valence-electron chi connectivity index (χ4n) is 3.97. The van der Waals surface area contributed by atoms with Gasteiger partial charge in [0.1, 0.15) is 12.6 Å². The first-order valence-electron chi connectivity index (χ1n) is 10.1. The number of nitrogens with two attached hydrogens (primary N) is 1. The van der Waals surface area contributed by atoms with Crippen LogP contribution >= 0.6 is 0 Å². The fourth-order valence-corrected chi connectivity index (χ4v) is 3.97. The molecular formula is C20H26F2N4O3. The molecule has 0 bridgehead atoms. The Labute approximate surface area is 168 Å². The summed E-state index contributed by atoms with van der Waals surface area (Å²) in [5.41, 5.74) is 6.04. The average Bonchev–Trinajstić information content (AvgIpc) is 3.61. The first kappa shape index (κ1) is 20.2. The minimum absolute atomic E-state index is 0.127. The van der Waals surface area contributed by atoms with Gasteiger partial charge in [-0.2, -0.15) is 0 Å². The Morgan fingerprint density at radius 1 is 1.28 bits per heavy atom. The number of benzene rings is 1. The molecule has 9 heteroatoms. The molecule has 7 nitrogen and oxygen atoms in total. The van der Waals surface area contributed by atoms with Gasteiger partial charge in [0.2, 0.25) is 5.91 Å². The van der Waals surface area contributed by atoms with Crippen LogP contribution in [0, 0.1) is 0 Å². The molecule has 2 aliphatic carbocycles. The summed E-state index contributed by atoms with van der Waals surface area (Å²) in [5.74, 6) is -0.635. The maximum absolute atomic E-state index is 13.7. The van der Waals surface area contributed by atoms with Crippen molar-refractivity contribution in [1.82, 2.24) is 4.90 Å². The highest BCUT2D eigenvalue weighted by molar-refractivity contribution is 5.98. The zero-order chi connectivity index (χ0) is 20.5. The molecule has 0 spiro atoms. The predicted octanol–water partition coefficient (Wildman–Crippen LogP) is 1.88. The lowest BCUT2D eigenvalue weighted by atomic mass is 10.1. The summed E-state index contributed by atoms with van der Waals surface area (Å²) < 4.78 is 32.5. The Bertz CT molecular complexity index is 771. The summed E-state index contributed by atoms with van der Waals surface area (Å²) in [6.45, 7) is 0.568. The van der Waals surface area contributed by atoms with Crippen molar-refractivity contribution in [3.63, 3.8) is 0 Å². The van der Waals surface area contributed by atoms with Gasteiger partial charge in [-0.25, -0.2) is 8.78 Å². The van der Waals surface area contributed by atoms with Crippen molar-refractivity contribution in [2.45, 2.75) is 50.2 Å². The number of rotatable bonds is 8. The van der Waals surface area contributed by atoms with E-state index in [1.165, 1.54) is 17.0 Å². The van der Waals surface area contributed by atoms with Crippen molar-refractivity contribution in [3.8, 4) is 0 Å². The zero-order valence-electron chi connectivity index (χ0n) is 16.2. The summed E-state index contributed by atoms with van der Waals surface area (Å²) in [6.07, 6.45) is 1.49. The number of ether oxygens (including phenoxy) is 1. The lowest BCUT2D eigenvalue weighted by molar-refractivity contribution is -0.125. The van der Waals surface area contributed by atoms with E-state index in [4.69, 9.17) is 10.5 Å². The Kier molecular flexibility index (Phi) is 5.80. The molecule has 0 radical (unpaired) electrons. The minimum atomic E-state index is -2.78. The fraction of sp³-hybridized carbons (Fsp3) is 0.600. The number of nitrogens with one attached hydrogen (secondary N) is 1. The molecule has 3 N–H and O–H groups in total. The van der Waals surface area contributed by atoms with E-state index in [-0.39, 0.29) is 48.4 Å². The van der Waals surface area contributed by atoms with E-state index in [9.17, 15) is 18.4 Å². The van der Waals surface area contributed by atoms with E-state index >= 15 is 0 Å². The molecule has 0 aromatic heterocycles. The van der Waals surface area contributed by atoms with E-state index in [2.05, 4.69) is 10.2 Å². The van der Waals surface area contributed by atoms with Gasteiger partial charge in [0, 0.05) is 36.4 Å². The lowest BCUT2D eigenvalue weighted by Gasteiger charge is -2.30. The second kappa shape index (κ2) is 8.33. The van der Waals surface area contributed by atoms with Gasteiger partial charge in [-0.15, -0.1) is 0 Å². The summed E-state index contributed by atoms with van der Waals surface area (Å²) in [5, 5.41) is 2.75. The first-order valence-corrected chi connectivity index (χ1v) is 10.1. The number of carbonyl (C=O) groups is 2. The van der Waals surface area contributed by atoms with Gasteiger partial charge in [-0.05, 0) is 43.9 Å². The van der Waals surface area contributed by atoms with Gasteiger partial charge < -0.3 is 20.7 Å². The highest BCUT2D eigenvalue weighted by Crippen LogP contribution is 2.39. The molecule has 1 heterocycles. The van der Waals surface area contributed by atoms with Crippen LogP contribution in [-0.2, 0) is 14.3 Å². The molecule has 158 valence electrons. The van der Waals surface area contributed by atoms with Crippen LogP contribution in [-0.4, -0.2) is 61.1 Å². The van der Waals surface area contributed by atoms with Crippen molar-refractivity contribution in [2.24, 2.45) is 5.73 Å². The van der Waals surface area contributed by atoms with Crippen LogP contribution < -0.4 is 16.0 Å². The Morgan fingerprint density at radius 2 is 1.97 bits per heavy atom. The maximum atomic E-state index is 13.7. The third-order valence-corrected chi connectivity index (χ3v) is 5.63. The number of hydrogen-bond donors (Lipinski definition) is 2. The van der Waals surface area contributed by atoms with Crippen LogP contribution in [0.1, 0.15) is 37.7 Å². The highest BCUT2D eigenvalue weighted by Gasteiger charge is 2.44. The smallest absolute Gasteiger partial charge is 0.265 e.